The number of nitrogens with zero attached hydrogens (tertiary/aromatic N) is 2. The second kappa shape index (κ2) is 4.72. The molecule has 1 aromatic heterocycles. The van der Waals surface area contributed by atoms with Gasteiger partial charge in [0.05, 0.1) is 10.7 Å². The van der Waals surface area contributed by atoms with Crippen LogP contribution >= 0.6 is 11.6 Å². The number of hydrogen-bond acceptors (Lipinski definition) is 2. The zero-order valence-corrected chi connectivity index (χ0v) is 10.5. The van der Waals surface area contributed by atoms with Gasteiger partial charge in [-0.25, -0.2) is 0 Å². The maximum Gasteiger partial charge on any atom is 0.212 e. The molecule has 0 bridgehead atoms. The number of hydrogen-bond donors (Lipinski definition) is 0. The third-order valence-corrected chi connectivity index (χ3v) is 3.04. The molecule has 88 valence electrons. The van der Waals surface area contributed by atoms with Crippen LogP contribution in [0.4, 0.5) is 0 Å². The third-order valence-electron chi connectivity index (χ3n) is 2.64. The molecule has 0 aliphatic carbocycles. The number of carbonyl (C=O) groups excluding carboxylic acids is 1. The van der Waals surface area contributed by atoms with Crippen LogP contribution in [0.2, 0.25) is 5.02 Å². The van der Waals surface area contributed by atoms with Crippen molar-refractivity contribution in [3.63, 3.8) is 0 Å². The summed E-state index contributed by atoms with van der Waals surface area (Å²) in [6.45, 7) is 1.96. The van der Waals surface area contributed by atoms with Crippen molar-refractivity contribution in [1.82, 2.24) is 9.78 Å². The van der Waals surface area contributed by atoms with Crippen LogP contribution in [0, 0.1) is 0 Å². The third kappa shape index (κ3) is 2.11. The van der Waals surface area contributed by atoms with Gasteiger partial charge in [0.2, 0.25) is 5.78 Å². The summed E-state index contributed by atoms with van der Waals surface area (Å²) in [4.78, 5) is 12.3. The van der Waals surface area contributed by atoms with Crippen LogP contribution in [0.15, 0.2) is 30.3 Å². The lowest BCUT2D eigenvalue weighted by atomic mass is 10.1. The van der Waals surface area contributed by atoms with Crippen LogP contribution in [0.25, 0.3) is 0 Å². The molecular weight excluding hydrogens is 236 g/mol. The van der Waals surface area contributed by atoms with Crippen molar-refractivity contribution in [2.75, 3.05) is 0 Å². The summed E-state index contributed by atoms with van der Waals surface area (Å²) in [5, 5.41) is 4.70. The van der Waals surface area contributed by atoms with E-state index in [1.807, 2.05) is 25.1 Å². The summed E-state index contributed by atoms with van der Waals surface area (Å²) in [6.07, 6.45) is 0.717. The number of halogens is 1. The minimum atomic E-state index is -0.0923. The van der Waals surface area contributed by atoms with Gasteiger partial charge in [0.15, 0.2) is 0 Å². The zero-order valence-electron chi connectivity index (χ0n) is 9.77. The van der Waals surface area contributed by atoms with Crippen LogP contribution in [0.3, 0.4) is 0 Å². The normalized spacial score (nSPS) is 10.5. The standard InChI is InChI=1S/C13H13ClN2O/c1-3-10-11(14)12(16(2)15-10)13(17)9-7-5-4-6-8-9/h4-8H,3H2,1-2H3. The van der Waals surface area contributed by atoms with Gasteiger partial charge in [0.25, 0.3) is 0 Å². The maximum atomic E-state index is 12.3. The molecule has 0 unspecified atom stereocenters. The van der Waals surface area contributed by atoms with Gasteiger partial charge < -0.3 is 0 Å². The van der Waals surface area contributed by atoms with Crippen molar-refractivity contribution in [3.05, 3.63) is 52.3 Å². The second-order valence-corrected chi connectivity index (χ2v) is 4.16. The largest absolute Gasteiger partial charge is 0.287 e. The molecule has 0 amide bonds. The Hall–Kier alpha value is -1.61. The van der Waals surface area contributed by atoms with E-state index in [1.165, 1.54) is 0 Å². The van der Waals surface area contributed by atoms with Gasteiger partial charge in [0.1, 0.15) is 5.69 Å². The zero-order chi connectivity index (χ0) is 12.4. The second-order valence-electron chi connectivity index (χ2n) is 3.78. The predicted octanol–water partition coefficient (Wildman–Crippen LogP) is 2.87. The van der Waals surface area contributed by atoms with Crippen LogP contribution in [-0.2, 0) is 13.5 Å². The van der Waals surface area contributed by atoms with Crippen LogP contribution in [0.1, 0.15) is 28.7 Å². The molecule has 2 aromatic rings. The minimum Gasteiger partial charge on any atom is -0.287 e. The lowest BCUT2D eigenvalue weighted by Crippen LogP contribution is -2.08. The fourth-order valence-electron chi connectivity index (χ4n) is 1.75. The molecule has 0 fully saturated rings. The summed E-state index contributed by atoms with van der Waals surface area (Å²) >= 11 is 6.17. The number of aromatic nitrogens is 2. The van der Waals surface area contributed by atoms with Gasteiger partial charge in [-0.3, -0.25) is 9.48 Å². The highest BCUT2D eigenvalue weighted by atomic mass is 35.5. The summed E-state index contributed by atoms with van der Waals surface area (Å²) in [5.74, 6) is -0.0923. The van der Waals surface area contributed by atoms with E-state index in [9.17, 15) is 4.79 Å². The molecule has 0 spiro atoms. The Kier molecular flexibility index (Phi) is 3.29. The fraction of sp³-hybridized carbons (Fsp3) is 0.231. The summed E-state index contributed by atoms with van der Waals surface area (Å²) < 4.78 is 1.55. The quantitative estimate of drug-likeness (QED) is 0.783. The molecule has 2 rings (SSSR count). The molecule has 0 radical (unpaired) electrons. The van der Waals surface area contributed by atoms with E-state index in [0.29, 0.717) is 16.3 Å². The van der Waals surface area contributed by atoms with Gasteiger partial charge in [0, 0.05) is 12.6 Å². The van der Waals surface area contributed by atoms with E-state index in [1.54, 1.807) is 23.9 Å². The number of rotatable bonds is 3. The average Bonchev–Trinajstić information content (AvgIpc) is 2.64. The Morgan fingerprint density at radius 3 is 2.53 bits per heavy atom. The highest BCUT2D eigenvalue weighted by Crippen LogP contribution is 2.23. The van der Waals surface area contributed by atoms with E-state index in [-0.39, 0.29) is 5.78 Å². The molecule has 0 N–H and O–H groups in total. The first-order valence-electron chi connectivity index (χ1n) is 5.46. The maximum absolute atomic E-state index is 12.3. The van der Waals surface area contributed by atoms with Crippen LogP contribution in [0.5, 0.6) is 0 Å². The Morgan fingerprint density at radius 1 is 1.35 bits per heavy atom. The van der Waals surface area contributed by atoms with E-state index in [4.69, 9.17) is 11.6 Å². The van der Waals surface area contributed by atoms with Crippen LogP contribution in [-0.4, -0.2) is 15.6 Å². The van der Waals surface area contributed by atoms with Crippen LogP contribution < -0.4 is 0 Å². The highest BCUT2D eigenvalue weighted by Gasteiger charge is 2.20. The molecule has 0 atom stereocenters. The first-order valence-corrected chi connectivity index (χ1v) is 5.84. The van der Waals surface area contributed by atoms with Gasteiger partial charge in [-0.15, -0.1) is 0 Å². The number of carbonyl (C=O) groups is 1. The summed E-state index contributed by atoms with van der Waals surface area (Å²) in [6, 6.07) is 9.09. The molecule has 3 nitrogen and oxygen atoms in total. The molecule has 0 aliphatic heterocycles. The topological polar surface area (TPSA) is 34.9 Å². The fourth-order valence-corrected chi connectivity index (χ4v) is 2.13. The summed E-state index contributed by atoms with van der Waals surface area (Å²) in [5.41, 5.74) is 1.84. The van der Waals surface area contributed by atoms with Crippen molar-refractivity contribution in [2.45, 2.75) is 13.3 Å². The van der Waals surface area contributed by atoms with Gasteiger partial charge in [-0.1, -0.05) is 48.9 Å². The summed E-state index contributed by atoms with van der Waals surface area (Å²) in [7, 11) is 1.74. The SMILES string of the molecule is CCc1nn(C)c(C(=O)c2ccccc2)c1Cl. The molecule has 1 aromatic carbocycles. The van der Waals surface area contributed by atoms with Gasteiger partial charge >= 0.3 is 0 Å². The van der Waals surface area contributed by atoms with Crippen molar-refractivity contribution in [2.24, 2.45) is 7.05 Å². The molecular formula is C13H13ClN2O. The first kappa shape index (κ1) is 11.9. The van der Waals surface area contributed by atoms with E-state index in [0.717, 1.165) is 12.1 Å². The number of benzene rings is 1. The van der Waals surface area contributed by atoms with Crippen molar-refractivity contribution < 1.29 is 4.79 Å². The lowest BCUT2D eigenvalue weighted by Gasteiger charge is -2.01. The molecule has 1 heterocycles. The molecule has 4 heteroatoms. The monoisotopic (exact) mass is 248 g/mol. The van der Waals surface area contributed by atoms with Crippen molar-refractivity contribution in [3.8, 4) is 0 Å². The lowest BCUT2D eigenvalue weighted by molar-refractivity contribution is 0.103. The average molecular weight is 249 g/mol. The number of aryl methyl sites for hydroxylation is 2. The Bertz CT molecular complexity index is 546. The van der Waals surface area contributed by atoms with E-state index in [2.05, 4.69) is 5.10 Å². The van der Waals surface area contributed by atoms with E-state index < -0.39 is 0 Å². The predicted molar refractivity (Wildman–Crippen MR) is 67.5 cm³/mol. The van der Waals surface area contributed by atoms with Gasteiger partial charge in [-0.05, 0) is 6.42 Å². The Morgan fingerprint density at radius 2 is 2.00 bits per heavy atom. The van der Waals surface area contributed by atoms with Crippen molar-refractivity contribution >= 4 is 17.4 Å². The minimum absolute atomic E-state index is 0.0923. The van der Waals surface area contributed by atoms with Crippen molar-refractivity contribution in [1.29, 1.82) is 0 Å². The highest BCUT2D eigenvalue weighted by molar-refractivity contribution is 6.35. The molecule has 0 saturated heterocycles. The Balaban J connectivity index is 2.48. The first-order chi connectivity index (χ1) is 8.15. The van der Waals surface area contributed by atoms with E-state index >= 15 is 0 Å². The Labute approximate surface area is 105 Å². The number of ketones is 1. The molecule has 17 heavy (non-hydrogen) atoms. The smallest absolute Gasteiger partial charge is 0.212 e. The molecule has 0 aliphatic rings. The van der Waals surface area contributed by atoms with Gasteiger partial charge in [-0.2, -0.15) is 5.10 Å². The molecule has 0 saturated carbocycles.